The Morgan fingerprint density at radius 3 is 2.30 bits per heavy atom. The Bertz CT molecular complexity index is 482. The summed E-state index contributed by atoms with van der Waals surface area (Å²) in [6.07, 6.45) is 5.48. The lowest BCUT2D eigenvalue weighted by molar-refractivity contribution is 0.0654. The molecule has 4 nitrogen and oxygen atoms in total. The molecular formula is C16H25NO3. The van der Waals surface area contributed by atoms with Gasteiger partial charge >= 0.3 is 5.97 Å². The first kappa shape index (κ1) is 15.1. The van der Waals surface area contributed by atoms with Crippen LogP contribution in [0.4, 0.5) is 0 Å². The lowest BCUT2D eigenvalue weighted by atomic mass is 9.78. The first-order valence-electron chi connectivity index (χ1n) is 7.60. The average molecular weight is 279 g/mol. The summed E-state index contributed by atoms with van der Waals surface area (Å²) in [4.78, 5) is 15.9. The van der Waals surface area contributed by atoms with Gasteiger partial charge in [0.2, 0.25) is 11.7 Å². The fraction of sp³-hybridized carbons (Fsp3) is 0.750. The van der Waals surface area contributed by atoms with E-state index in [0.29, 0.717) is 17.5 Å². The van der Waals surface area contributed by atoms with Crippen molar-refractivity contribution in [1.29, 1.82) is 0 Å². The number of nitrogens with zero attached hydrogens (tertiary/aromatic N) is 1. The van der Waals surface area contributed by atoms with Crippen molar-refractivity contribution in [2.24, 2.45) is 5.92 Å². The zero-order valence-corrected chi connectivity index (χ0v) is 12.9. The van der Waals surface area contributed by atoms with E-state index < -0.39 is 5.97 Å². The number of rotatable bonds is 5. The Labute approximate surface area is 120 Å². The average Bonchev–Trinajstić information content (AvgIpc) is 2.93. The minimum Gasteiger partial charge on any atom is -0.475 e. The smallest absolute Gasteiger partial charge is 0.373 e. The maximum absolute atomic E-state index is 11.3. The molecule has 1 N–H and O–H groups in total. The molecular weight excluding hydrogens is 254 g/mol. The second kappa shape index (κ2) is 5.58. The van der Waals surface area contributed by atoms with E-state index in [1.165, 1.54) is 12.8 Å². The molecule has 1 fully saturated rings. The van der Waals surface area contributed by atoms with Gasteiger partial charge in [0.05, 0.1) is 5.69 Å². The summed E-state index contributed by atoms with van der Waals surface area (Å²) in [6.45, 7) is 8.31. The minimum atomic E-state index is -1.01. The van der Waals surface area contributed by atoms with Gasteiger partial charge in [-0.2, -0.15) is 0 Å². The van der Waals surface area contributed by atoms with Gasteiger partial charge < -0.3 is 9.52 Å². The molecule has 20 heavy (non-hydrogen) atoms. The van der Waals surface area contributed by atoms with Crippen LogP contribution < -0.4 is 0 Å². The highest BCUT2D eigenvalue weighted by Crippen LogP contribution is 2.46. The van der Waals surface area contributed by atoms with Crippen LogP contribution in [0.5, 0.6) is 0 Å². The summed E-state index contributed by atoms with van der Waals surface area (Å²) >= 11 is 0. The van der Waals surface area contributed by atoms with Crippen LogP contribution in [-0.2, 0) is 5.41 Å². The zero-order chi connectivity index (χ0) is 14.9. The molecule has 1 aromatic rings. The number of aromatic carboxylic acids is 1. The van der Waals surface area contributed by atoms with Crippen LogP contribution in [0.1, 0.15) is 87.9 Å². The Balaban J connectivity index is 2.44. The van der Waals surface area contributed by atoms with Crippen molar-refractivity contribution in [2.75, 3.05) is 0 Å². The maximum Gasteiger partial charge on any atom is 0.373 e. The summed E-state index contributed by atoms with van der Waals surface area (Å²) in [5.41, 5.74) is 0.536. The number of carboxylic acids is 1. The van der Waals surface area contributed by atoms with Crippen molar-refractivity contribution in [2.45, 2.75) is 71.1 Å². The molecule has 0 amide bonds. The Hall–Kier alpha value is -1.32. The monoisotopic (exact) mass is 279 g/mol. The molecule has 2 rings (SSSR count). The molecule has 1 aliphatic rings. The van der Waals surface area contributed by atoms with Gasteiger partial charge in [-0.3, -0.25) is 0 Å². The molecule has 0 radical (unpaired) electrons. The fourth-order valence-corrected chi connectivity index (χ4v) is 3.44. The van der Waals surface area contributed by atoms with Gasteiger partial charge in [-0.15, -0.1) is 0 Å². The van der Waals surface area contributed by atoms with Gasteiger partial charge in [0.1, 0.15) is 0 Å². The SMILES string of the molecule is CC(C)CC1(c2nc(C(C)C)c(C(=O)O)o2)CCCC1. The first-order valence-corrected chi connectivity index (χ1v) is 7.60. The van der Waals surface area contributed by atoms with Gasteiger partial charge in [-0.1, -0.05) is 40.5 Å². The fourth-order valence-electron chi connectivity index (χ4n) is 3.44. The number of aromatic nitrogens is 1. The van der Waals surface area contributed by atoms with Crippen molar-refractivity contribution in [3.8, 4) is 0 Å². The second-order valence-electron chi connectivity index (χ2n) is 6.78. The number of carboxylic acid groups (broad SMARTS) is 1. The zero-order valence-electron chi connectivity index (χ0n) is 12.9. The molecule has 0 spiro atoms. The summed E-state index contributed by atoms with van der Waals surface area (Å²) in [6, 6.07) is 0. The predicted molar refractivity (Wildman–Crippen MR) is 77.2 cm³/mol. The highest BCUT2D eigenvalue weighted by molar-refractivity contribution is 5.85. The molecule has 1 aliphatic carbocycles. The largest absolute Gasteiger partial charge is 0.475 e. The lowest BCUT2D eigenvalue weighted by Gasteiger charge is -2.27. The van der Waals surface area contributed by atoms with Crippen LogP contribution in [0.2, 0.25) is 0 Å². The minimum absolute atomic E-state index is 0.0324. The summed E-state index contributed by atoms with van der Waals surface area (Å²) < 4.78 is 5.72. The van der Waals surface area contributed by atoms with Crippen molar-refractivity contribution in [3.05, 3.63) is 17.3 Å². The van der Waals surface area contributed by atoms with Crippen molar-refractivity contribution in [3.63, 3.8) is 0 Å². The lowest BCUT2D eigenvalue weighted by Crippen LogP contribution is -2.25. The van der Waals surface area contributed by atoms with Crippen molar-refractivity contribution < 1.29 is 14.3 Å². The topological polar surface area (TPSA) is 63.3 Å². The Morgan fingerprint density at radius 2 is 1.90 bits per heavy atom. The molecule has 0 aliphatic heterocycles. The number of carbonyl (C=O) groups is 1. The predicted octanol–water partition coefficient (Wildman–Crippen LogP) is 4.35. The van der Waals surface area contributed by atoms with E-state index in [1.807, 2.05) is 13.8 Å². The molecule has 112 valence electrons. The van der Waals surface area contributed by atoms with Crippen molar-refractivity contribution >= 4 is 5.97 Å². The van der Waals surface area contributed by atoms with Crippen molar-refractivity contribution in [1.82, 2.24) is 4.98 Å². The van der Waals surface area contributed by atoms with Gasteiger partial charge in [-0.25, -0.2) is 9.78 Å². The van der Waals surface area contributed by atoms with Crippen LogP contribution in [0, 0.1) is 5.92 Å². The molecule has 1 saturated carbocycles. The first-order chi connectivity index (χ1) is 9.35. The Kier molecular flexibility index (Phi) is 4.21. The molecule has 0 aromatic carbocycles. The van der Waals surface area contributed by atoms with E-state index in [9.17, 15) is 9.90 Å². The van der Waals surface area contributed by atoms with Gasteiger partial charge in [0.15, 0.2) is 0 Å². The van der Waals surface area contributed by atoms with Crippen LogP contribution in [0.25, 0.3) is 0 Å². The molecule has 0 saturated heterocycles. The second-order valence-corrected chi connectivity index (χ2v) is 6.78. The number of hydrogen-bond donors (Lipinski definition) is 1. The summed E-state index contributed by atoms with van der Waals surface area (Å²) in [7, 11) is 0. The summed E-state index contributed by atoms with van der Waals surface area (Å²) in [5, 5.41) is 9.30. The van der Waals surface area contributed by atoms with E-state index in [4.69, 9.17) is 4.42 Å². The highest BCUT2D eigenvalue weighted by atomic mass is 16.4. The van der Waals surface area contributed by atoms with E-state index >= 15 is 0 Å². The number of oxazole rings is 1. The highest BCUT2D eigenvalue weighted by Gasteiger charge is 2.41. The van der Waals surface area contributed by atoms with E-state index in [1.54, 1.807) is 0 Å². The molecule has 0 bridgehead atoms. The normalized spacial score (nSPS) is 18.1. The molecule has 4 heteroatoms. The standard InChI is InChI=1S/C16H25NO3/c1-10(2)9-16(7-5-6-8-16)15-17-12(11(3)4)13(20-15)14(18)19/h10-11H,5-9H2,1-4H3,(H,18,19). The third kappa shape index (κ3) is 2.74. The van der Waals surface area contributed by atoms with Gasteiger partial charge in [0, 0.05) is 5.41 Å². The van der Waals surface area contributed by atoms with E-state index in [2.05, 4.69) is 18.8 Å². The summed E-state index contributed by atoms with van der Waals surface area (Å²) in [5.74, 6) is 0.298. The van der Waals surface area contributed by atoms with Gasteiger partial charge in [0.25, 0.3) is 0 Å². The third-order valence-electron chi connectivity index (χ3n) is 4.21. The van der Waals surface area contributed by atoms with Crippen LogP contribution in [0.15, 0.2) is 4.42 Å². The van der Waals surface area contributed by atoms with E-state index in [-0.39, 0.29) is 17.1 Å². The Morgan fingerprint density at radius 1 is 1.30 bits per heavy atom. The van der Waals surface area contributed by atoms with Crippen LogP contribution in [0.3, 0.4) is 0 Å². The number of hydrogen-bond acceptors (Lipinski definition) is 3. The molecule has 0 unspecified atom stereocenters. The maximum atomic E-state index is 11.3. The van der Waals surface area contributed by atoms with Gasteiger partial charge in [-0.05, 0) is 31.1 Å². The quantitative estimate of drug-likeness (QED) is 0.870. The van der Waals surface area contributed by atoms with E-state index in [0.717, 1.165) is 19.3 Å². The van der Waals surface area contributed by atoms with Crippen LogP contribution in [-0.4, -0.2) is 16.1 Å². The molecule has 0 atom stereocenters. The third-order valence-corrected chi connectivity index (χ3v) is 4.21. The molecule has 1 heterocycles. The van der Waals surface area contributed by atoms with Crippen LogP contribution >= 0.6 is 0 Å². The molecule has 1 aromatic heterocycles.